The van der Waals surface area contributed by atoms with Crippen LogP contribution in [0.25, 0.3) is 0 Å². The highest BCUT2D eigenvalue weighted by atomic mass is 32.2. The SMILES string of the molecule is CC1(c2ccc(S(N)(=O)=O)cc2)NC(=O)N(CC(=O)c2ccccc2)C1=O. The second-order valence-electron chi connectivity index (χ2n) is 6.31. The maximum atomic E-state index is 12.8. The third-order valence-electron chi connectivity index (χ3n) is 4.43. The quantitative estimate of drug-likeness (QED) is 0.584. The van der Waals surface area contributed by atoms with Crippen molar-refractivity contribution in [3.8, 4) is 0 Å². The number of rotatable bonds is 5. The summed E-state index contributed by atoms with van der Waals surface area (Å²) in [5.41, 5.74) is -0.641. The van der Waals surface area contributed by atoms with Crippen molar-refractivity contribution in [2.45, 2.75) is 17.4 Å². The Kier molecular flexibility index (Phi) is 4.58. The largest absolute Gasteiger partial charge is 0.325 e. The van der Waals surface area contributed by atoms with E-state index in [-0.39, 0.29) is 17.2 Å². The van der Waals surface area contributed by atoms with E-state index in [4.69, 9.17) is 5.14 Å². The van der Waals surface area contributed by atoms with Crippen molar-refractivity contribution >= 4 is 27.7 Å². The number of nitrogens with zero attached hydrogens (tertiary/aromatic N) is 1. The van der Waals surface area contributed by atoms with E-state index in [2.05, 4.69) is 5.32 Å². The van der Waals surface area contributed by atoms with E-state index in [0.717, 1.165) is 4.90 Å². The van der Waals surface area contributed by atoms with Gasteiger partial charge in [-0.25, -0.2) is 18.4 Å². The van der Waals surface area contributed by atoms with Crippen molar-refractivity contribution in [2.24, 2.45) is 5.14 Å². The van der Waals surface area contributed by atoms with Crippen molar-refractivity contribution in [3.05, 3.63) is 65.7 Å². The molecule has 8 nitrogen and oxygen atoms in total. The predicted molar refractivity (Wildman–Crippen MR) is 96.2 cm³/mol. The van der Waals surface area contributed by atoms with Crippen LogP contribution in [-0.4, -0.2) is 37.6 Å². The highest BCUT2D eigenvalue weighted by Crippen LogP contribution is 2.29. The number of carbonyl (C=O) groups excluding carboxylic acids is 3. The standard InChI is InChI=1S/C18H17N3O5S/c1-18(13-7-9-14(10-8-13)27(19,25)26)16(23)21(17(24)20-18)11-15(22)12-5-3-2-4-6-12/h2-10H,11H2,1H3,(H,20,24)(H2,19,25,26). The smallest absolute Gasteiger partial charge is 0.319 e. The molecule has 2 aromatic rings. The van der Waals surface area contributed by atoms with Gasteiger partial charge in [-0.3, -0.25) is 14.5 Å². The van der Waals surface area contributed by atoms with Gasteiger partial charge in [-0.15, -0.1) is 0 Å². The van der Waals surface area contributed by atoms with Gasteiger partial charge in [0.1, 0.15) is 5.54 Å². The lowest BCUT2D eigenvalue weighted by atomic mass is 9.92. The maximum Gasteiger partial charge on any atom is 0.325 e. The minimum Gasteiger partial charge on any atom is -0.319 e. The van der Waals surface area contributed by atoms with Gasteiger partial charge < -0.3 is 5.32 Å². The van der Waals surface area contributed by atoms with Gasteiger partial charge in [-0.05, 0) is 24.6 Å². The summed E-state index contributed by atoms with van der Waals surface area (Å²) in [5, 5.41) is 7.63. The van der Waals surface area contributed by atoms with Crippen molar-refractivity contribution in [2.75, 3.05) is 6.54 Å². The molecule has 0 saturated carbocycles. The number of Topliss-reactive ketones (excluding diaryl/α,β-unsaturated/α-hetero) is 1. The summed E-state index contributed by atoms with van der Waals surface area (Å²) in [6.07, 6.45) is 0. The lowest BCUT2D eigenvalue weighted by molar-refractivity contribution is -0.130. The fraction of sp³-hybridized carbons (Fsp3) is 0.167. The first kappa shape index (κ1) is 18.7. The zero-order valence-corrected chi connectivity index (χ0v) is 15.2. The Morgan fingerprint density at radius 1 is 1.07 bits per heavy atom. The predicted octanol–water partition coefficient (Wildman–Crippen LogP) is 0.984. The fourth-order valence-corrected chi connectivity index (χ4v) is 3.39. The summed E-state index contributed by atoms with van der Waals surface area (Å²) in [5.74, 6) is -0.965. The van der Waals surface area contributed by atoms with Gasteiger partial charge in [0.05, 0.1) is 11.4 Å². The molecular weight excluding hydrogens is 370 g/mol. The minimum absolute atomic E-state index is 0.109. The number of amides is 3. The Morgan fingerprint density at radius 3 is 2.22 bits per heavy atom. The van der Waals surface area contributed by atoms with Crippen molar-refractivity contribution in [1.82, 2.24) is 10.2 Å². The van der Waals surface area contributed by atoms with E-state index in [1.807, 2.05) is 0 Å². The van der Waals surface area contributed by atoms with Crippen LogP contribution >= 0.6 is 0 Å². The summed E-state index contributed by atoms with van der Waals surface area (Å²) >= 11 is 0. The molecule has 1 atom stereocenters. The number of benzene rings is 2. The first-order valence-corrected chi connectivity index (χ1v) is 9.53. The third kappa shape index (κ3) is 3.46. The Bertz CT molecular complexity index is 1020. The minimum atomic E-state index is -3.87. The molecule has 0 aliphatic carbocycles. The van der Waals surface area contributed by atoms with Crippen LogP contribution in [0, 0.1) is 0 Å². The topological polar surface area (TPSA) is 127 Å². The van der Waals surface area contributed by atoms with Crippen molar-refractivity contribution < 1.29 is 22.8 Å². The molecule has 1 fully saturated rings. The van der Waals surface area contributed by atoms with Crippen LogP contribution in [0.5, 0.6) is 0 Å². The molecule has 0 aromatic heterocycles. The Morgan fingerprint density at radius 2 is 1.67 bits per heavy atom. The average molecular weight is 387 g/mol. The van der Waals surface area contributed by atoms with Crippen molar-refractivity contribution in [1.29, 1.82) is 0 Å². The van der Waals surface area contributed by atoms with Crippen LogP contribution < -0.4 is 10.5 Å². The van der Waals surface area contributed by atoms with Crippen molar-refractivity contribution in [3.63, 3.8) is 0 Å². The lowest BCUT2D eigenvalue weighted by Crippen LogP contribution is -2.41. The summed E-state index contributed by atoms with van der Waals surface area (Å²) in [6.45, 7) is 1.10. The monoisotopic (exact) mass is 387 g/mol. The number of urea groups is 1. The molecule has 0 bridgehead atoms. The van der Waals surface area contributed by atoms with Crippen LogP contribution in [0.15, 0.2) is 59.5 Å². The van der Waals surface area contributed by atoms with Crippen LogP contribution in [-0.2, 0) is 20.4 Å². The lowest BCUT2D eigenvalue weighted by Gasteiger charge is -2.22. The van der Waals surface area contributed by atoms with E-state index in [0.29, 0.717) is 11.1 Å². The molecular formula is C18H17N3O5S. The van der Waals surface area contributed by atoms with Crippen LogP contribution in [0.4, 0.5) is 4.79 Å². The van der Waals surface area contributed by atoms with Gasteiger partial charge in [0.15, 0.2) is 5.78 Å². The number of nitrogens with two attached hydrogens (primary N) is 1. The summed E-state index contributed by atoms with van der Waals surface area (Å²) < 4.78 is 22.7. The number of primary sulfonamides is 1. The molecule has 2 aromatic carbocycles. The van der Waals surface area contributed by atoms with E-state index in [1.54, 1.807) is 30.3 Å². The Hall–Kier alpha value is -3.04. The molecule has 0 spiro atoms. The maximum absolute atomic E-state index is 12.8. The van der Waals surface area contributed by atoms with E-state index in [9.17, 15) is 22.8 Å². The van der Waals surface area contributed by atoms with Gasteiger partial charge >= 0.3 is 6.03 Å². The molecule has 3 N–H and O–H groups in total. The number of hydrogen-bond donors (Lipinski definition) is 2. The fourth-order valence-electron chi connectivity index (χ4n) is 2.87. The van der Waals surface area contributed by atoms with Gasteiger partial charge in [0.2, 0.25) is 10.0 Å². The average Bonchev–Trinajstić information content (AvgIpc) is 2.86. The van der Waals surface area contributed by atoms with Crippen LogP contribution in [0.1, 0.15) is 22.8 Å². The molecule has 0 radical (unpaired) electrons. The first-order chi connectivity index (χ1) is 12.6. The number of sulfonamides is 1. The second-order valence-corrected chi connectivity index (χ2v) is 7.87. The number of carbonyl (C=O) groups is 3. The first-order valence-electron chi connectivity index (χ1n) is 7.98. The van der Waals surface area contributed by atoms with E-state index in [1.165, 1.54) is 31.2 Å². The van der Waals surface area contributed by atoms with E-state index < -0.39 is 27.5 Å². The van der Waals surface area contributed by atoms with Crippen LogP contribution in [0.2, 0.25) is 0 Å². The third-order valence-corrected chi connectivity index (χ3v) is 5.36. The molecule has 27 heavy (non-hydrogen) atoms. The Balaban J connectivity index is 1.85. The van der Waals surface area contributed by atoms with Gasteiger partial charge in [0, 0.05) is 5.56 Å². The normalized spacial score (nSPS) is 19.9. The number of hydrogen-bond acceptors (Lipinski definition) is 5. The Labute approximate surface area is 156 Å². The summed E-state index contributed by atoms with van der Waals surface area (Å²) in [4.78, 5) is 38.2. The molecule has 1 aliphatic rings. The second kappa shape index (κ2) is 6.60. The molecule has 3 amide bonds. The molecule has 1 heterocycles. The highest BCUT2D eigenvalue weighted by molar-refractivity contribution is 7.89. The number of ketones is 1. The summed E-state index contributed by atoms with van der Waals surface area (Å²) in [7, 11) is -3.87. The molecule has 1 aliphatic heterocycles. The molecule has 140 valence electrons. The zero-order chi connectivity index (χ0) is 19.8. The van der Waals surface area contributed by atoms with Gasteiger partial charge in [-0.1, -0.05) is 42.5 Å². The molecule has 1 unspecified atom stereocenters. The van der Waals surface area contributed by atoms with E-state index >= 15 is 0 Å². The number of imide groups is 1. The molecule has 9 heteroatoms. The molecule has 1 saturated heterocycles. The number of nitrogens with one attached hydrogen (secondary N) is 1. The highest BCUT2D eigenvalue weighted by Gasteiger charge is 2.49. The van der Waals surface area contributed by atoms with Gasteiger partial charge in [0.25, 0.3) is 5.91 Å². The summed E-state index contributed by atoms with van der Waals surface area (Å²) in [6, 6.07) is 13.0. The van der Waals surface area contributed by atoms with Crippen LogP contribution in [0.3, 0.4) is 0 Å². The molecule has 3 rings (SSSR count). The zero-order valence-electron chi connectivity index (χ0n) is 14.4. The van der Waals surface area contributed by atoms with Gasteiger partial charge in [-0.2, -0.15) is 0 Å².